The molecular weight excluding hydrogens is 300 g/mol. The third-order valence-electron chi connectivity index (χ3n) is 4.47. The van der Waals surface area contributed by atoms with Crippen molar-refractivity contribution in [2.45, 2.75) is 33.1 Å². The molecule has 24 heavy (non-hydrogen) atoms. The topological polar surface area (TPSA) is 51.8 Å². The van der Waals surface area contributed by atoms with Gasteiger partial charge in [-0.25, -0.2) is 4.98 Å². The number of hydrogen-bond acceptors (Lipinski definition) is 4. The molecule has 1 aliphatic rings. The van der Waals surface area contributed by atoms with E-state index in [1.165, 1.54) is 0 Å². The number of pyridine rings is 1. The van der Waals surface area contributed by atoms with Crippen molar-refractivity contribution in [1.29, 1.82) is 0 Å². The highest BCUT2D eigenvalue weighted by atomic mass is 15.3. The Bertz CT molecular complexity index is 791. The molecule has 4 rings (SSSR count). The summed E-state index contributed by atoms with van der Waals surface area (Å²) < 4.78 is 4.30. The Morgan fingerprint density at radius 2 is 2.08 bits per heavy atom. The summed E-state index contributed by atoms with van der Waals surface area (Å²) in [5.74, 6) is 1.62. The van der Waals surface area contributed by atoms with Crippen LogP contribution in [0.4, 0.5) is 0 Å². The summed E-state index contributed by atoms with van der Waals surface area (Å²) in [5.41, 5.74) is 2.18. The molecule has 6 heteroatoms. The molecule has 0 N–H and O–H groups in total. The molecular formula is C18H22N6. The maximum Gasteiger partial charge on any atom is 0.122 e. The highest BCUT2D eigenvalue weighted by molar-refractivity contribution is 5.10. The van der Waals surface area contributed by atoms with Crippen molar-refractivity contribution in [1.82, 2.24) is 29.2 Å². The van der Waals surface area contributed by atoms with E-state index in [2.05, 4.69) is 42.9 Å². The number of imidazole rings is 1. The Morgan fingerprint density at radius 3 is 2.92 bits per heavy atom. The largest absolute Gasteiger partial charge is 0.333 e. The first-order valence-electron chi connectivity index (χ1n) is 8.38. The monoisotopic (exact) mass is 322 g/mol. The van der Waals surface area contributed by atoms with Crippen LogP contribution in [0.25, 0.3) is 0 Å². The van der Waals surface area contributed by atoms with E-state index in [0.717, 1.165) is 49.9 Å². The van der Waals surface area contributed by atoms with E-state index < -0.39 is 0 Å². The third kappa shape index (κ3) is 3.38. The molecule has 0 bridgehead atoms. The quantitative estimate of drug-likeness (QED) is 0.738. The number of aromatic nitrogens is 5. The van der Waals surface area contributed by atoms with E-state index >= 15 is 0 Å². The van der Waals surface area contributed by atoms with Gasteiger partial charge in [-0.05, 0) is 25.1 Å². The van der Waals surface area contributed by atoms with Crippen molar-refractivity contribution in [3.63, 3.8) is 0 Å². The zero-order valence-corrected chi connectivity index (χ0v) is 13.9. The van der Waals surface area contributed by atoms with Crippen LogP contribution in [-0.4, -0.2) is 35.8 Å². The maximum atomic E-state index is 4.66. The first-order chi connectivity index (χ1) is 11.8. The summed E-state index contributed by atoms with van der Waals surface area (Å²) in [7, 11) is 0. The average Bonchev–Trinajstić information content (AvgIpc) is 3.17. The van der Waals surface area contributed by atoms with Crippen molar-refractivity contribution in [2.24, 2.45) is 5.92 Å². The lowest BCUT2D eigenvalue weighted by molar-refractivity contribution is 0.203. The molecule has 6 nitrogen and oxygen atoms in total. The predicted octanol–water partition coefficient (Wildman–Crippen LogP) is 2.12. The summed E-state index contributed by atoms with van der Waals surface area (Å²) in [6.07, 6.45) is 7.86. The SMILES string of the molecule is Cc1cccc(CN2Cc3nccn3C[C@@H](Cn3cccn3)C2)n1. The molecule has 0 aromatic carbocycles. The molecule has 0 saturated carbocycles. The van der Waals surface area contributed by atoms with Gasteiger partial charge in [0, 0.05) is 62.6 Å². The molecule has 0 radical (unpaired) electrons. The van der Waals surface area contributed by atoms with Crippen molar-refractivity contribution in [3.8, 4) is 0 Å². The molecule has 0 unspecified atom stereocenters. The Morgan fingerprint density at radius 1 is 1.12 bits per heavy atom. The summed E-state index contributed by atoms with van der Waals surface area (Å²) in [5, 5.41) is 4.37. The molecule has 4 heterocycles. The van der Waals surface area contributed by atoms with Gasteiger partial charge in [0.1, 0.15) is 5.82 Å². The van der Waals surface area contributed by atoms with E-state index in [1.807, 2.05) is 42.3 Å². The van der Waals surface area contributed by atoms with Gasteiger partial charge >= 0.3 is 0 Å². The summed E-state index contributed by atoms with van der Waals surface area (Å²) in [4.78, 5) is 11.6. The molecule has 0 spiro atoms. The lowest BCUT2D eigenvalue weighted by Gasteiger charge is -2.23. The Kier molecular flexibility index (Phi) is 4.13. The lowest BCUT2D eigenvalue weighted by atomic mass is 10.1. The minimum absolute atomic E-state index is 0.491. The van der Waals surface area contributed by atoms with Crippen molar-refractivity contribution < 1.29 is 0 Å². The van der Waals surface area contributed by atoms with Crippen LogP contribution in [0.15, 0.2) is 49.1 Å². The number of nitrogens with zero attached hydrogens (tertiary/aromatic N) is 6. The van der Waals surface area contributed by atoms with Crippen molar-refractivity contribution in [2.75, 3.05) is 6.54 Å². The highest BCUT2D eigenvalue weighted by Crippen LogP contribution is 2.18. The van der Waals surface area contributed by atoms with Crippen LogP contribution >= 0.6 is 0 Å². The van der Waals surface area contributed by atoms with Crippen LogP contribution in [-0.2, 0) is 26.2 Å². The third-order valence-corrected chi connectivity index (χ3v) is 4.47. The molecule has 0 aliphatic carbocycles. The van der Waals surface area contributed by atoms with Crippen molar-refractivity contribution >= 4 is 0 Å². The minimum Gasteiger partial charge on any atom is -0.333 e. The van der Waals surface area contributed by atoms with Crippen LogP contribution in [0.2, 0.25) is 0 Å². The Labute approximate surface area is 141 Å². The second kappa shape index (κ2) is 6.57. The Hall–Kier alpha value is -2.47. The number of fused-ring (bicyclic) bond motifs is 1. The van der Waals surface area contributed by atoms with Gasteiger partial charge in [-0.1, -0.05) is 6.07 Å². The van der Waals surface area contributed by atoms with Gasteiger partial charge in [0.25, 0.3) is 0 Å². The second-order valence-electron chi connectivity index (χ2n) is 6.53. The van der Waals surface area contributed by atoms with E-state index in [4.69, 9.17) is 0 Å². The smallest absolute Gasteiger partial charge is 0.122 e. The van der Waals surface area contributed by atoms with Gasteiger partial charge in [-0.2, -0.15) is 5.10 Å². The minimum atomic E-state index is 0.491. The maximum absolute atomic E-state index is 4.66. The van der Waals surface area contributed by atoms with Crippen LogP contribution < -0.4 is 0 Å². The predicted molar refractivity (Wildman–Crippen MR) is 91.0 cm³/mol. The van der Waals surface area contributed by atoms with Crippen LogP contribution in [0, 0.1) is 12.8 Å². The molecule has 0 saturated heterocycles. The molecule has 1 aliphatic heterocycles. The summed E-state index contributed by atoms with van der Waals surface area (Å²) >= 11 is 0. The van der Waals surface area contributed by atoms with Crippen LogP contribution in [0.5, 0.6) is 0 Å². The zero-order chi connectivity index (χ0) is 16.4. The van der Waals surface area contributed by atoms with Gasteiger partial charge in [0.05, 0.1) is 12.2 Å². The first kappa shape index (κ1) is 15.1. The molecule has 0 amide bonds. The van der Waals surface area contributed by atoms with Gasteiger partial charge in [-0.15, -0.1) is 0 Å². The molecule has 124 valence electrons. The van der Waals surface area contributed by atoms with E-state index in [0.29, 0.717) is 5.92 Å². The number of hydrogen-bond donors (Lipinski definition) is 0. The first-order valence-corrected chi connectivity index (χ1v) is 8.38. The fourth-order valence-corrected chi connectivity index (χ4v) is 3.45. The second-order valence-corrected chi connectivity index (χ2v) is 6.53. The lowest BCUT2D eigenvalue weighted by Crippen LogP contribution is -2.30. The Balaban J connectivity index is 1.54. The standard InChI is InChI=1S/C18H22N6/c1-15-4-2-5-17(21-15)13-22-10-16(12-24-8-3-6-20-24)11-23-9-7-19-18(23)14-22/h2-9,16H,10-14H2,1H3/t16-/m0/s1. The van der Waals surface area contributed by atoms with Crippen LogP contribution in [0.1, 0.15) is 17.2 Å². The average molecular weight is 322 g/mol. The van der Waals surface area contributed by atoms with Crippen molar-refractivity contribution in [3.05, 3.63) is 66.3 Å². The zero-order valence-electron chi connectivity index (χ0n) is 13.9. The van der Waals surface area contributed by atoms with Crippen LogP contribution in [0.3, 0.4) is 0 Å². The number of rotatable bonds is 4. The fraction of sp³-hybridized carbons (Fsp3) is 0.389. The van der Waals surface area contributed by atoms with Gasteiger partial charge in [-0.3, -0.25) is 14.6 Å². The van der Waals surface area contributed by atoms with E-state index in [-0.39, 0.29) is 0 Å². The van der Waals surface area contributed by atoms with E-state index in [1.54, 1.807) is 0 Å². The fourth-order valence-electron chi connectivity index (χ4n) is 3.45. The number of aryl methyl sites for hydroxylation is 1. The van der Waals surface area contributed by atoms with Gasteiger partial charge in [0.15, 0.2) is 0 Å². The summed E-state index contributed by atoms with van der Waals surface area (Å²) in [6, 6.07) is 8.21. The van der Waals surface area contributed by atoms with Gasteiger partial charge < -0.3 is 4.57 Å². The molecule has 1 atom stereocenters. The highest BCUT2D eigenvalue weighted by Gasteiger charge is 2.23. The molecule has 3 aromatic heterocycles. The summed E-state index contributed by atoms with van der Waals surface area (Å²) in [6.45, 7) is 6.66. The van der Waals surface area contributed by atoms with Gasteiger partial charge in [0.2, 0.25) is 0 Å². The van der Waals surface area contributed by atoms with E-state index in [9.17, 15) is 0 Å². The molecule has 3 aromatic rings. The normalized spacial score (nSPS) is 18.3. The molecule has 0 fully saturated rings.